The predicted octanol–water partition coefficient (Wildman–Crippen LogP) is 5.29. The molecule has 120 valence electrons. The first-order valence-electron chi connectivity index (χ1n) is 7.66. The van der Waals surface area contributed by atoms with Crippen LogP contribution in [0, 0.1) is 5.92 Å². The molecule has 1 aromatic heterocycles. The molecule has 0 radical (unpaired) electrons. The van der Waals surface area contributed by atoms with Crippen LogP contribution in [-0.4, -0.2) is 21.3 Å². The van der Waals surface area contributed by atoms with Crippen LogP contribution in [0.2, 0.25) is 0 Å². The summed E-state index contributed by atoms with van der Waals surface area (Å²) < 4.78 is 1.25. The van der Waals surface area contributed by atoms with Gasteiger partial charge < -0.3 is 5.32 Å². The van der Waals surface area contributed by atoms with Crippen molar-refractivity contribution in [1.29, 1.82) is 0 Å². The maximum Gasteiger partial charge on any atom is 0.144 e. The molecule has 0 aliphatic carbocycles. The summed E-state index contributed by atoms with van der Waals surface area (Å²) in [6.07, 6.45) is 2.05. The highest BCUT2D eigenvalue weighted by molar-refractivity contribution is 9.10. The fourth-order valence-electron chi connectivity index (χ4n) is 1.77. The molecule has 1 heterocycles. The summed E-state index contributed by atoms with van der Waals surface area (Å²) in [5, 5.41) is 3.41. The lowest BCUT2D eigenvalue weighted by Gasteiger charge is -2.18. The maximum atomic E-state index is 4.77. The van der Waals surface area contributed by atoms with Crippen LogP contribution in [0.4, 0.5) is 5.82 Å². The standard InChI is InChI=1S/C16H28BrN3S/c1-7-8-18-15-14(17)12(9-11(2)3)19-13(20-15)10-21-16(4,5)6/h11H,7-10H2,1-6H3,(H,18,19,20). The molecule has 0 atom stereocenters. The van der Waals surface area contributed by atoms with Crippen LogP contribution in [0.25, 0.3) is 0 Å². The second kappa shape index (κ2) is 8.37. The number of nitrogens with one attached hydrogen (secondary N) is 1. The van der Waals surface area contributed by atoms with Crippen LogP contribution in [-0.2, 0) is 12.2 Å². The van der Waals surface area contributed by atoms with Crippen LogP contribution in [0.15, 0.2) is 4.47 Å². The highest BCUT2D eigenvalue weighted by Crippen LogP contribution is 2.30. The number of nitrogens with zero attached hydrogens (tertiary/aromatic N) is 2. The molecular formula is C16H28BrN3S. The van der Waals surface area contributed by atoms with E-state index in [1.807, 2.05) is 11.8 Å². The minimum Gasteiger partial charge on any atom is -0.369 e. The molecule has 0 aromatic carbocycles. The first kappa shape index (κ1) is 18.8. The second-order valence-electron chi connectivity index (χ2n) is 6.67. The van der Waals surface area contributed by atoms with Crippen molar-refractivity contribution in [3.8, 4) is 0 Å². The third kappa shape index (κ3) is 7.00. The number of halogens is 1. The minimum absolute atomic E-state index is 0.228. The molecule has 3 nitrogen and oxygen atoms in total. The van der Waals surface area contributed by atoms with Crippen molar-refractivity contribution in [2.75, 3.05) is 11.9 Å². The Labute approximate surface area is 142 Å². The Bertz CT molecular complexity index is 456. The van der Waals surface area contributed by atoms with E-state index in [2.05, 4.69) is 62.8 Å². The van der Waals surface area contributed by atoms with Gasteiger partial charge in [0.15, 0.2) is 0 Å². The van der Waals surface area contributed by atoms with E-state index in [1.54, 1.807) is 0 Å². The topological polar surface area (TPSA) is 37.8 Å². The normalized spacial score (nSPS) is 12.0. The van der Waals surface area contributed by atoms with Gasteiger partial charge >= 0.3 is 0 Å². The lowest BCUT2D eigenvalue weighted by Crippen LogP contribution is -2.12. The summed E-state index contributed by atoms with van der Waals surface area (Å²) >= 11 is 5.55. The first-order valence-corrected chi connectivity index (χ1v) is 9.44. The number of aromatic nitrogens is 2. The van der Waals surface area contributed by atoms with Crippen molar-refractivity contribution in [3.63, 3.8) is 0 Å². The molecule has 5 heteroatoms. The van der Waals surface area contributed by atoms with Gasteiger partial charge in [-0.3, -0.25) is 0 Å². The van der Waals surface area contributed by atoms with Gasteiger partial charge in [-0.25, -0.2) is 9.97 Å². The molecular weight excluding hydrogens is 346 g/mol. The molecule has 21 heavy (non-hydrogen) atoms. The zero-order valence-corrected chi connectivity index (χ0v) is 16.5. The van der Waals surface area contributed by atoms with Crippen LogP contribution in [0.3, 0.4) is 0 Å². The number of anilines is 1. The fourth-order valence-corrected chi connectivity index (χ4v) is 2.94. The lowest BCUT2D eigenvalue weighted by atomic mass is 10.1. The first-order chi connectivity index (χ1) is 9.73. The van der Waals surface area contributed by atoms with Gasteiger partial charge in [0.1, 0.15) is 11.6 Å². The van der Waals surface area contributed by atoms with E-state index in [-0.39, 0.29) is 4.75 Å². The Balaban J connectivity index is 3.01. The smallest absolute Gasteiger partial charge is 0.144 e. The van der Waals surface area contributed by atoms with Gasteiger partial charge in [-0.05, 0) is 34.7 Å². The Morgan fingerprint density at radius 1 is 1.24 bits per heavy atom. The molecule has 0 aliphatic rings. The summed E-state index contributed by atoms with van der Waals surface area (Å²) in [6.45, 7) is 14.2. The van der Waals surface area contributed by atoms with E-state index in [1.165, 1.54) is 0 Å². The molecule has 1 aromatic rings. The summed E-state index contributed by atoms with van der Waals surface area (Å²) in [6, 6.07) is 0. The average Bonchev–Trinajstić information content (AvgIpc) is 2.36. The van der Waals surface area contributed by atoms with Gasteiger partial charge in [-0.15, -0.1) is 11.8 Å². The van der Waals surface area contributed by atoms with Crippen molar-refractivity contribution >= 4 is 33.5 Å². The van der Waals surface area contributed by atoms with Crippen molar-refractivity contribution in [2.24, 2.45) is 5.92 Å². The van der Waals surface area contributed by atoms with E-state index in [9.17, 15) is 0 Å². The largest absolute Gasteiger partial charge is 0.369 e. The van der Waals surface area contributed by atoms with Gasteiger partial charge in [0.2, 0.25) is 0 Å². The molecule has 0 fully saturated rings. The Morgan fingerprint density at radius 3 is 2.43 bits per heavy atom. The highest BCUT2D eigenvalue weighted by Gasteiger charge is 2.16. The van der Waals surface area contributed by atoms with Crippen LogP contribution < -0.4 is 5.32 Å². The van der Waals surface area contributed by atoms with Gasteiger partial charge in [0.05, 0.1) is 15.9 Å². The quantitative estimate of drug-likeness (QED) is 0.704. The summed E-state index contributed by atoms with van der Waals surface area (Å²) in [5.41, 5.74) is 1.11. The number of hydrogen-bond donors (Lipinski definition) is 1. The van der Waals surface area contributed by atoms with Crippen molar-refractivity contribution in [3.05, 3.63) is 16.0 Å². The SMILES string of the molecule is CCCNc1nc(CSC(C)(C)C)nc(CC(C)C)c1Br. The zero-order valence-electron chi connectivity index (χ0n) is 14.1. The molecule has 0 amide bonds. The number of thioether (sulfide) groups is 1. The zero-order chi connectivity index (χ0) is 16.0. The van der Waals surface area contributed by atoms with Crippen molar-refractivity contribution < 1.29 is 0 Å². The molecule has 0 aliphatic heterocycles. The Morgan fingerprint density at radius 2 is 1.90 bits per heavy atom. The lowest BCUT2D eigenvalue weighted by molar-refractivity contribution is 0.629. The predicted molar refractivity (Wildman–Crippen MR) is 98.1 cm³/mol. The Kier molecular flexibility index (Phi) is 7.48. The molecule has 0 saturated heterocycles. The molecule has 0 saturated carbocycles. The third-order valence-corrected chi connectivity index (χ3v) is 4.85. The van der Waals surface area contributed by atoms with Gasteiger partial charge in [0, 0.05) is 11.3 Å². The summed E-state index contributed by atoms with van der Waals surface area (Å²) in [4.78, 5) is 9.46. The summed E-state index contributed by atoms with van der Waals surface area (Å²) in [7, 11) is 0. The monoisotopic (exact) mass is 373 g/mol. The molecule has 0 unspecified atom stereocenters. The second-order valence-corrected chi connectivity index (χ2v) is 9.27. The van der Waals surface area contributed by atoms with Crippen molar-refractivity contribution in [2.45, 2.75) is 64.9 Å². The number of hydrogen-bond acceptors (Lipinski definition) is 4. The molecule has 1 rings (SSSR count). The molecule has 1 N–H and O–H groups in total. The summed E-state index contributed by atoms with van der Waals surface area (Å²) in [5.74, 6) is 3.29. The van der Waals surface area contributed by atoms with Crippen LogP contribution >= 0.6 is 27.7 Å². The van der Waals surface area contributed by atoms with E-state index in [4.69, 9.17) is 9.97 Å². The minimum atomic E-state index is 0.228. The Hall–Kier alpha value is -0.290. The van der Waals surface area contributed by atoms with E-state index in [0.29, 0.717) is 5.92 Å². The van der Waals surface area contributed by atoms with Crippen LogP contribution in [0.1, 0.15) is 59.5 Å². The van der Waals surface area contributed by atoms with Gasteiger partial charge in [0.25, 0.3) is 0 Å². The van der Waals surface area contributed by atoms with Gasteiger partial charge in [-0.2, -0.15) is 0 Å². The van der Waals surface area contributed by atoms with Crippen molar-refractivity contribution in [1.82, 2.24) is 9.97 Å². The van der Waals surface area contributed by atoms with Crippen LogP contribution in [0.5, 0.6) is 0 Å². The molecule has 0 bridgehead atoms. The van der Waals surface area contributed by atoms with E-state index < -0.39 is 0 Å². The van der Waals surface area contributed by atoms with E-state index in [0.717, 1.165) is 46.9 Å². The maximum absolute atomic E-state index is 4.77. The number of rotatable bonds is 7. The average molecular weight is 374 g/mol. The van der Waals surface area contributed by atoms with Gasteiger partial charge in [-0.1, -0.05) is 41.5 Å². The fraction of sp³-hybridized carbons (Fsp3) is 0.750. The van der Waals surface area contributed by atoms with E-state index >= 15 is 0 Å². The third-order valence-electron chi connectivity index (χ3n) is 2.74. The molecule has 0 spiro atoms. The highest BCUT2D eigenvalue weighted by atomic mass is 79.9.